The van der Waals surface area contributed by atoms with Crippen molar-refractivity contribution < 1.29 is 14.0 Å². The minimum atomic E-state index is -0.672. The first-order chi connectivity index (χ1) is 13.0. The Morgan fingerprint density at radius 1 is 1.00 bits per heavy atom. The Morgan fingerprint density at radius 2 is 1.70 bits per heavy atom. The van der Waals surface area contributed by atoms with Crippen LogP contribution in [-0.2, 0) is 0 Å². The third kappa shape index (κ3) is 6.38. The molecule has 0 saturated heterocycles. The van der Waals surface area contributed by atoms with Crippen LogP contribution in [-0.4, -0.2) is 43.0 Å². The van der Waals surface area contributed by atoms with Gasteiger partial charge in [0.05, 0.1) is 5.69 Å². The highest BCUT2D eigenvalue weighted by atomic mass is 19.1. The molecule has 0 fully saturated rings. The molecule has 3 N–H and O–H groups in total. The predicted octanol–water partition coefficient (Wildman–Crippen LogP) is 3.54. The Labute approximate surface area is 158 Å². The highest BCUT2D eigenvalue weighted by molar-refractivity contribution is 6.00. The fourth-order valence-electron chi connectivity index (χ4n) is 2.53. The van der Waals surface area contributed by atoms with Gasteiger partial charge in [-0.15, -0.1) is 0 Å². The van der Waals surface area contributed by atoms with Gasteiger partial charge in [0.1, 0.15) is 5.82 Å². The quantitative estimate of drug-likeness (QED) is 0.664. The molecule has 0 heterocycles. The average Bonchev–Trinajstić information content (AvgIpc) is 2.67. The van der Waals surface area contributed by atoms with Crippen LogP contribution in [0.15, 0.2) is 48.5 Å². The molecule has 0 spiro atoms. The van der Waals surface area contributed by atoms with Gasteiger partial charge in [0.25, 0.3) is 5.91 Å². The van der Waals surface area contributed by atoms with Crippen molar-refractivity contribution in [2.45, 2.75) is 13.8 Å². The van der Waals surface area contributed by atoms with E-state index < -0.39 is 11.8 Å². The number of urea groups is 1. The smallest absolute Gasteiger partial charge is 0.323 e. The summed E-state index contributed by atoms with van der Waals surface area (Å²) in [6.45, 7) is 7.15. The summed E-state index contributed by atoms with van der Waals surface area (Å²) in [4.78, 5) is 26.3. The molecule has 7 heteroatoms. The number of benzene rings is 2. The van der Waals surface area contributed by atoms with E-state index in [1.165, 1.54) is 12.1 Å². The molecule has 27 heavy (non-hydrogen) atoms. The summed E-state index contributed by atoms with van der Waals surface area (Å²) in [5.74, 6) is -1.02. The normalized spacial score (nSPS) is 10.5. The Kier molecular flexibility index (Phi) is 7.76. The van der Waals surface area contributed by atoms with E-state index in [-0.39, 0.29) is 17.2 Å². The van der Waals surface area contributed by atoms with E-state index in [2.05, 4.69) is 34.7 Å². The first kappa shape index (κ1) is 20.4. The number of hydrogen-bond donors (Lipinski definition) is 3. The van der Waals surface area contributed by atoms with Crippen LogP contribution >= 0.6 is 0 Å². The molecule has 6 nitrogen and oxygen atoms in total. The van der Waals surface area contributed by atoms with E-state index in [9.17, 15) is 14.0 Å². The number of likely N-dealkylation sites (N-methyl/N-ethyl adjacent to an activating group) is 1. The van der Waals surface area contributed by atoms with Gasteiger partial charge in [-0.05, 0) is 43.4 Å². The van der Waals surface area contributed by atoms with E-state index in [4.69, 9.17) is 0 Å². The third-order valence-corrected chi connectivity index (χ3v) is 4.12. The third-order valence-electron chi connectivity index (χ3n) is 4.12. The minimum Gasteiger partial charge on any atom is -0.351 e. The lowest BCUT2D eigenvalue weighted by Crippen LogP contribution is -2.34. The maximum Gasteiger partial charge on any atom is 0.323 e. The number of para-hydroxylation sites is 1. The van der Waals surface area contributed by atoms with Gasteiger partial charge in [-0.1, -0.05) is 32.0 Å². The second kappa shape index (κ2) is 10.3. The molecule has 144 valence electrons. The van der Waals surface area contributed by atoms with Crippen molar-refractivity contribution in [1.82, 2.24) is 10.2 Å². The van der Waals surface area contributed by atoms with Crippen LogP contribution in [0.4, 0.5) is 20.6 Å². The number of amides is 3. The summed E-state index contributed by atoms with van der Waals surface area (Å²) in [5.41, 5.74) is 0.809. The zero-order valence-electron chi connectivity index (χ0n) is 15.6. The topological polar surface area (TPSA) is 73.5 Å². The highest BCUT2D eigenvalue weighted by Crippen LogP contribution is 2.16. The Balaban J connectivity index is 1.90. The van der Waals surface area contributed by atoms with Crippen LogP contribution in [0.5, 0.6) is 0 Å². The zero-order valence-corrected chi connectivity index (χ0v) is 15.6. The van der Waals surface area contributed by atoms with Gasteiger partial charge in [-0.25, -0.2) is 9.18 Å². The lowest BCUT2D eigenvalue weighted by atomic mass is 10.2. The summed E-state index contributed by atoms with van der Waals surface area (Å²) < 4.78 is 14.2. The number of halogens is 1. The largest absolute Gasteiger partial charge is 0.351 e. The second-order valence-corrected chi connectivity index (χ2v) is 5.92. The molecule has 0 bridgehead atoms. The van der Waals surface area contributed by atoms with Gasteiger partial charge < -0.3 is 20.9 Å². The zero-order chi connectivity index (χ0) is 19.6. The fourth-order valence-corrected chi connectivity index (χ4v) is 2.53. The lowest BCUT2D eigenvalue weighted by Gasteiger charge is -2.18. The van der Waals surface area contributed by atoms with Gasteiger partial charge in [0.2, 0.25) is 0 Å². The second-order valence-electron chi connectivity index (χ2n) is 5.92. The number of anilines is 2. The van der Waals surface area contributed by atoms with E-state index >= 15 is 0 Å². The molecule has 0 aliphatic heterocycles. The lowest BCUT2D eigenvalue weighted by molar-refractivity contribution is 0.0948. The summed E-state index contributed by atoms with van der Waals surface area (Å²) in [5, 5.41) is 7.81. The number of nitrogens with zero attached hydrogens (tertiary/aromatic N) is 1. The summed E-state index contributed by atoms with van der Waals surface area (Å²) in [6.07, 6.45) is 0. The number of nitrogens with one attached hydrogen (secondary N) is 3. The van der Waals surface area contributed by atoms with Crippen molar-refractivity contribution in [3.05, 3.63) is 59.9 Å². The van der Waals surface area contributed by atoms with Crippen LogP contribution in [0.1, 0.15) is 24.2 Å². The van der Waals surface area contributed by atoms with Crippen molar-refractivity contribution in [3.8, 4) is 0 Å². The highest BCUT2D eigenvalue weighted by Gasteiger charge is 2.12. The molecular weight excluding hydrogens is 347 g/mol. The van der Waals surface area contributed by atoms with Gasteiger partial charge in [-0.3, -0.25) is 4.79 Å². The minimum absolute atomic E-state index is 0.00289. The number of hydrogen-bond acceptors (Lipinski definition) is 3. The Bertz CT molecular complexity index is 764. The first-order valence-corrected chi connectivity index (χ1v) is 8.96. The average molecular weight is 372 g/mol. The van der Waals surface area contributed by atoms with Crippen molar-refractivity contribution in [1.29, 1.82) is 0 Å². The van der Waals surface area contributed by atoms with E-state index in [1.54, 1.807) is 24.3 Å². The molecular formula is C20H25FN4O2. The van der Waals surface area contributed by atoms with Crippen LogP contribution in [0.2, 0.25) is 0 Å². The first-order valence-electron chi connectivity index (χ1n) is 8.96. The molecule has 0 aliphatic carbocycles. The molecule has 3 amide bonds. The SMILES string of the molecule is CCN(CC)CCNC(=O)c1ccc(NC(=O)Nc2ccccc2)c(F)c1. The van der Waals surface area contributed by atoms with Crippen molar-refractivity contribution >= 4 is 23.3 Å². The fraction of sp³-hybridized carbons (Fsp3) is 0.300. The van der Waals surface area contributed by atoms with Crippen molar-refractivity contribution in [2.75, 3.05) is 36.8 Å². The van der Waals surface area contributed by atoms with E-state index in [0.717, 1.165) is 25.7 Å². The van der Waals surface area contributed by atoms with Crippen LogP contribution in [0.3, 0.4) is 0 Å². The molecule has 2 aromatic carbocycles. The Morgan fingerprint density at radius 3 is 2.33 bits per heavy atom. The van der Waals surface area contributed by atoms with E-state index in [1.807, 2.05) is 6.07 Å². The van der Waals surface area contributed by atoms with Gasteiger partial charge >= 0.3 is 6.03 Å². The number of carbonyl (C=O) groups excluding carboxylic acids is 2. The summed E-state index contributed by atoms with van der Waals surface area (Å²) >= 11 is 0. The van der Waals surface area contributed by atoms with Crippen molar-refractivity contribution in [2.24, 2.45) is 0 Å². The Hall–Kier alpha value is -2.93. The molecule has 0 atom stereocenters. The van der Waals surface area contributed by atoms with Crippen LogP contribution in [0, 0.1) is 5.82 Å². The van der Waals surface area contributed by atoms with Crippen LogP contribution < -0.4 is 16.0 Å². The number of rotatable bonds is 8. The molecule has 2 rings (SSSR count). The van der Waals surface area contributed by atoms with Crippen LogP contribution in [0.25, 0.3) is 0 Å². The monoisotopic (exact) mass is 372 g/mol. The number of carbonyl (C=O) groups is 2. The molecule has 0 saturated carbocycles. The van der Waals surface area contributed by atoms with Crippen molar-refractivity contribution in [3.63, 3.8) is 0 Å². The van der Waals surface area contributed by atoms with E-state index in [0.29, 0.717) is 12.2 Å². The molecule has 0 aromatic heterocycles. The molecule has 0 unspecified atom stereocenters. The summed E-state index contributed by atoms with van der Waals surface area (Å²) in [6, 6.07) is 12.3. The van der Waals surface area contributed by atoms with Gasteiger partial charge in [-0.2, -0.15) is 0 Å². The summed E-state index contributed by atoms with van der Waals surface area (Å²) in [7, 11) is 0. The van der Waals surface area contributed by atoms with Gasteiger partial charge in [0, 0.05) is 24.3 Å². The maximum absolute atomic E-state index is 14.2. The standard InChI is InChI=1S/C20H25FN4O2/c1-3-25(4-2)13-12-22-19(26)15-10-11-18(17(21)14-15)24-20(27)23-16-8-6-5-7-9-16/h5-11,14H,3-4,12-13H2,1-2H3,(H,22,26)(H2,23,24,27). The van der Waals surface area contributed by atoms with Gasteiger partial charge in [0.15, 0.2) is 0 Å². The maximum atomic E-state index is 14.2. The molecule has 0 radical (unpaired) electrons. The predicted molar refractivity (Wildman–Crippen MR) is 106 cm³/mol. The molecule has 0 aliphatic rings. The molecule has 2 aromatic rings.